The molecule has 0 aliphatic heterocycles. The lowest BCUT2D eigenvalue weighted by Gasteiger charge is -2.16. The molecule has 0 heterocycles. The van der Waals surface area contributed by atoms with Crippen LogP contribution in [0.15, 0.2) is 41.3 Å². The lowest BCUT2D eigenvalue weighted by molar-refractivity contribution is -0.122. The van der Waals surface area contributed by atoms with E-state index >= 15 is 0 Å². The van der Waals surface area contributed by atoms with E-state index < -0.39 is 22.0 Å². The third-order valence-electron chi connectivity index (χ3n) is 3.54. The Morgan fingerprint density at radius 2 is 1.81 bits per heavy atom. The zero-order valence-corrected chi connectivity index (χ0v) is 16.5. The summed E-state index contributed by atoms with van der Waals surface area (Å²) in [6.45, 7) is 3.36. The van der Waals surface area contributed by atoms with Gasteiger partial charge in [-0.1, -0.05) is 36.2 Å². The SMILES string of the molecule is CCc1ccc(NC(=O)C(C)Oc2cc(Cl)cc(Cl)c2)cc1S(N)(=O)=O. The summed E-state index contributed by atoms with van der Waals surface area (Å²) in [5.41, 5.74) is 0.874. The Bertz CT molecular complexity index is 912. The molecule has 0 saturated heterocycles. The summed E-state index contributed by atoms with van der Waals surface area (Å²) in [6.07, 6.45) is -0.372. The van der Waals surface area contributed by atoms with Gasteiger partial charge in [0.2, 0.25) is 10.0 Å². The minimum atomic E-state index is -3.89. The number of benzene rings is 2. The molecule has 0 aliphatic rings. The number of halogens is 2. The number of ether oxygens (including phenoxy) is 1. The molecule has 2 aromatic carbocycles. The highest BCUT2D eigenvalue weighted by molar-refractivity contribution is 7.89. The Balaban J connectivity index is 2.16. The molecular formula is C17H18Cl2N2O4S. The molecule has 3 N–H and O–H groups in total. The van der Waals surface area contributed by atoms with E-state index in [4.69, 9.17) is 33.1 Å². The number of anilines is 1. The second-order valence-corrected chi connectivity index (χ2v) is 7.98. The highest BCUT2D eigenvalue weighted by Gasteiger charge is 2.18. The van der Waals surface area contributed by atoms with Crippen LogP contribution in [0.3, 0.4) is 0 Å². The van der Waals surface area contributed by atoms with Gasteiger partial charge >= 0.3 is 0 Å². The molecule has 1 amide bonds. The monoisotopic (exact) mass is 416 g/mol. The fourth-order valence-corrected chi connectivity index (χ4v) is 3.66. The number of hydrogen-bond donors (Lipinski definition) is 2. The van der Waals surface area contributed by atoms with Crippen LogP contribution in [0.1, 0.15) is 19.4 Å². The number of carbonyl (C=O) groups excluding carboxylic acids is 1. The van der Waals surface area contributed by atoms with Crippen molar-refractivity contribution in [2.45, 2.75) is 31.3 Å². The van der Waals surface area contributed by atoms with Crippen LogP contribution >= 0.6 is 23.2 Å². The lowest BCUT2D eigenvalue weighted by Crippen LogP contribution is -2.30. The largest absolute Gasteiger partial charge is 0.481 e. The predicted octanol–water partition coefficient (Wildman–Crippen LogP) is 3.61. The first-order chi connectivity index (χ1) is 12.1. The van der Waals surface area contributed by atoms with Gasteiger partial charge in [0, 0.05) is 15.7 Å². The van der Waals surface area contributed by atoms with E-state index in [1.807, 2.05) is 6.92 Å². The van der Waals surface area contributed by atoms with Crippen molar-refractivity contribution in [3.05, 3.63) is 52.0 Å². The predicted molar refractivity (Wildman–Crippen MR) is 102 cm³/mol. The first kappa shape index (κ1) is 20.5. The quantitative estimate of drug-likeness (QED) is 0.750. The number of nitrogens with two attached hydrogens (primary N) is 1. The molecule has 0 aromatic heterocycles. The highest BCUT2D eigenvalue weighted by Crippen LogP contribution is 2.25. The maximum Gasteiger partial charge on any atom is 0.265 e. The van der Waals surface area contributed by atoms with Crippen LogP contribution in [0.5, 0.6) is 5.75 Å². The van der Waals surface area contributed by atoms with Gasteiger partial charge in [-0.05, 0) is 49.2 Å². The maximum absolute atomic E-state index is 12.3. The van der Waals surface area contributed by atoms with Gasteiger partial charge in [-0.2, -0.15) is 0 Å². The second-order valence-electron chi connectivity index (χ2n) is 5.58. The first-order valence-electron chi connectivity index (χ1n) is 7.69. The Morgan fingerprint density at radius 1 is 1.19 bits per heavy atom. The van der Waals surface area contributed by atoms with Gasteiger partial charge in [0.1, 0.15) is 5.75 Å². The molecule has 6 nitrogen and oxygen atoms in total. The van der Waals surface area contributed by atoms with Gasteiger partial charge < -0.3 is 10.1 Å². The van der Waals surface area contributed by atoms with E-state index in [0.717, 1.165) is 0 Å². The van der Waals surface area contributed by atoms with E-state index in [9.17, 15) is 13.2 Å². The number of carbonyl (C=O) groups is 1. The van der Waals surface area contributed by atoms with Crippen LogP contribution in [0.25, 0.3) is 0 Å². The standard InChI is InChI=1S/C17H18Cl2N2O4S/c1-3-11-4-5-14(9-16(11)26(20,23)24)21-17(22)10(2)25-15-7-12(18)6-13(19)8-15/h4-10H,3H2,1-2H3,(H,21,22)(H2,20,23,24). The number of aryl methyl sites for hydroxylation is 1. The average molecular weight is 417 g/mol. The third-order valence-corrected chi connectivity index (χ3v) is 4.97. The fourth-order valence-electron chi connectivity index (χ4n) is 2.29. The summed E-state index contributed by atoms with van der Waals surface area (Å²) < 4.78 is 28.9. The van der Waals surface area contributed by atoms with E-state index in [1.54, 1.807) is 25.1 Å². The zero-order valence-electron chi connectivity index (χ0n) is 14.1. The number of sulfonamides is 1. The number of rotatable bonds is 6. The van der Waals surface area contributed by atoms with E-state index in [2.05, 4.69) is 5.32 Å². The van der Waals surface area contributed by atoms with Gasteiger partial charge in [-0.25, -0.2) is 13.6 Å². The Labute approximate surface area is 162 Å². The van der Waals surface area contributed by atoms with Gasteiger partial charge in [-0.3, -0.25) is 4.79 Å². The smallest absolute Gasteiger partial charge is 0.265 e. The van der Waals surface area contributed by atoms with Crippen molar-refractivity contribution >= 4 is 44.8 Å². The third kappa shape index (κ3) is 5.35. The minimum Gasteiger partial charge on any atom is -0.481 e. The highest BCUT2D eigenvalue weighted by atomic mass is 35.5. The Hall–Kier alpha value is -1.80. The molecule has 2 rings (SSSR count). The Kier molecular flexibility index (Phi) is 6.52. The van der Waals surface area contributed by atoms with Gasteiger partial charge in [-0.15, -0.1) is 0 Å². The summed E-state index contributed by atoms with van der Waals surface area (Å²) in [7, 11) is -3.89. The van der Waals surface area contributed by atoms with E-state index in [0.29, 0.717) is 33.5 Å². The van der Waals surface area contributed by atoms with Gasteiger partial charge in [0.25, 0.3) is 5.91 Å². The van der Waals surface area contributed by atoms with Crippen LogP contribution in [0, 0.1) is 0 Å². The van der Waals surface area contributed by atoms with Crippen molar-refractivity contribution in [3.8, 4) is 5.75 Å². The maximum atomic E-state index is 12.3. The van der Waals surface area contributed by atoms with Crippen molar-refractivity contribution in [1.82, 2.24) is 0 Å². The van der Waals surface area contributed by atoms with Crippen molar-refractivity contribution in [2.24, 2.45) is 5.14 Å². The number of amides is 1. The molecule has 140 valence electrons. The average Bonchev–Trinajstić information content (AvgIpc) is 2.52. The minimum absolute atomic E-state index is 0.0204. The topological polar surface area (TPSA) is 98.5 Å². The van der Waals surface area contributed by atoms with Gasteiger partial charge in [0.15, 0.2) is 6.10 Å². The van der Waals surface area contributed by atoms with Crippen LogP contribution in [-0.2, 0) is 21.2 Å². The van der Waals surface area contributed by atoms with E-state index in [1.165, 1.54) is 18.2 Å². The van der Waals surface area contributed by atoms with Crippen molar-refractivity contribution in [3.63, 3.8) is 0 Å². The Morgan fingerprint density at radius 3 is 2.35 bits per heavy atom. The lowest BCUT2D eigenvalue weighted by atomic mass is 10.1. The first-order valence-corrected chi connectivity index (χ1v) is 9.99. The molecule has 0 fully saturated rings. The summed E-state index contributed by atoms with van der Waals surface area (Å²) in [6, 6.07) is 9.16. The molecule has 0 radical (unpaired) electrons. The summed E-state index contributed by atoms with van der Waals surface area (Å²) in [5, 5.41) is 8.60. The number of nitrogens with one attached hydrogen (secondary N) is 1. The molecular weight excluding hydrogens is 399 g/mol. The molecule has 0 aliphatic carbocycles. The summed E-state index contributed by atoms with van der Waals surface area (Å²) in [5.74, 6) is -0.123. The van der Waals surface area contributed by atoms with Crippen LogP contribution in [0.2, 0.25) is 10.0 Å². The molecule has 0 spiro atoms. The molecule has 9 heteroatoms. The molecule has 1 atom stereocenters. The molecule has 0 bridgehead atoms. The van der Waals surface area contributed by atoms with Crippen molar-refractivity contribution in [2.75, 3.05) is 5.32 Å². The molecule has 0 saturated carbocycles. The summed E-state index contributed by atoms with van der Waals surface area (Å²) >= 11 is 11.8. The second kappa shape index (κ2) is 8.26. The normalized spacial score (nSPS) is 12.5. The van der Waals surface area contributed by atoms with Crippen LogP contribution in [0.4, 0.5) is 5.69 Å². The van der Waals surface area contributed by atoms with E-state index in [-0.39, 0.29) is 4.90 Å². The number of primary sulfonamides is 1. The molecule has 26 heavy (non-hydrogen) atoms. The molecule has 1 unspecified atom stereocenters. The summed E-state index contributed by atoms with van der Waals surface area (Å²) in [4.78, 5) is 12.3. The zero-order chi connectivity index (χ0) is 19.5. The van der Waals surface area contributed by atoms with Crippen molar-refractivity contribution in [1.29, 1.82) is 0 Å². The molecule has 2 aromatic rings. The fraction of sp³-hybridized carbons (Fsp3) is 0.235. The van der Waals surface area contributed by atoms with Gasteiger partial charge in [0.05, 0.1) is 4.90 Å². The van der Waals surface area contributed by atoms with Crippen LogP contribution < -0.4 is 15.2 Å². The number of hydrogen-bond acceptors (Lipinski definition) is 4. The van der Waals surface area contributed by atoms with Crippen LogP contribution in [-0.4, -0.2) is 20.4 Å². The van der Waals surface area contributed by atoms with Crippen molar-refractivity contribution < 1.29 is 17.9 Å².